The third kappa shape index (κ3) is 2.38. The summed E-state index contributed by atoms with van der Waals surface area (Å²) in [6.45, 7) is 4.72. The van der Waals surface area contributed by atoms with E-state index >= 15 is 0 Å². The Labute approximate surface area is 104 Å². The highest BCUT2D eigenvalue weighted by atomic mass is 15.3. The summed E-state index contributed by atoms with van der Waals surface area (Å²) in [5, 5.41) is 4.25. The van der Waals surface area contributed by atoms with Gasteiger partial charge in [0.25, 0.3) is 0 Å². The summed E-state index contributed by atoms with van der Waals surface area (Å²) in [5.74, 6) is 6.37. The number of nitrogens with zero attached hydrogens (tertiary/aromatic N) is 2. The molecule has 0 aromatic carbocycles. The van der Waals surface area contributed by atoms with Crippen molar-refractivity contribution in [2.45, 2.75) is 45.6 Å². The first-order valence-corrected chi connectivity index (χ1v) is 6.50. The summed E-state index contributed by atoms with van der Waals surface area (Å²) in [6, 6.07) is 2.27. The fourth-order valence-electron chi connectivity index (χ4n) is 3.24. The normalized spacial score (nSPS) is 25.8. The Bertz CT molecular complexity index is 369. The van der Waals surface area contributed by atoms with Crippen molar-refractivity contribution in [2.75, 3.05) is 0 Å². The Morgan fingerprint density at radius 2 is 2.29 bits per heavy atom. The number of aryl methyl sites for hydroxylation is 1. The van der Waals surface area contributed by atoms with Crippen LogP contribution in [0.4, 0.5) is 0 Å². The van der Waals surface area contributed by atoms with E-state index < -0.39 is 0 Å². The van der Waals surface area contributed by atoms with Crippen LogP contribution in [-0.2, 0) is 7.05 Å². The molecule has 0 bridgehead atoms. The number of nitrogens with two attached hydrogens (primary N) is 1. The molecule has 1 saturated carbocycles. The first-order valence-electron chi connectivity index (χ1n) is 6.50. The molecule has 0 amide bonds. The van der Waals surface area contributed by atoms with Gasteiger partial charge < -0.3 is 0 Å². The maximum absolute atomic E-state index is 5.79. The van der Waals surface area contributed by atoms with Gasteiger partial charge in [0.05, 0.1) is 11.7 Å². The van der Waals surface area contributed by atoms with Gasteiger partial charge in [-0.25, -0.2) is 0 Å². The minimum Gasteiger partial charge on any atom is -0.271 e. The zero-order valence-electron chi connectivity index (χ0n) is 11.1. The fourth-order valence-corrected chi connectivity index (χ4v) is 3.24. The van der Waals surface area contributed by atoms with Crippen molar-refractivity contribution in [3.05, 3.63) is 18.0 Å². The van der Waals surface area contributed by atoms with Gasteiger partial charge in [-0.1, -0.05) is 26.7 Å². The van der Waals surface area contributed by atoms with E-state index in [1.165, 1.54) is 31.4 Å². The van der Waals surface area contributed by atoms with Crippen LogP contribution in [0, 0.1) is 11.3 Å². The first-order chi connectivity index (χ1) is 8.06. The average molecular weight is 236 g/mol. The number of hydrazine groups is 1. The summed E-state index contributed by atoms with van der Waals surface area (Å²) < 4.78 is 1.93. The van der Waals surface area contributed by atoms with Crippen molar-refractivity contribution in [1.29, 1.82) is 0 Å². The lowest BCUT2D eigenvalue weighted by Gasteiger charge is -2.43. The third-order valence-corrected chi connectivity index (χ3v) is 4.35. The molecule has 3 N–H and O–H groups in total. The Morgan fingerprint density at radius 3 is 2.82 bits per heavy atom. The molecule has 1 heterocycles. The summed E-state index contributed by atoms with van der Waals surface area (Å²) in [4.78, 5) is 0. The molecule has 0 spiro atoms. The van der Waals surface area contributed by atoms with Crippen LogP contribution in [0.2, 0.25) is 0 Å². The molecular formula is C13H24N4. The molecular weight excluding hydrogens is 212 g/mol. The van der Waals surface area contributed by atoms with Gasteiger partial charge in [-0.15, -0.1) is 0 Å². The van der Waals surface area contributed by atoms with Crippen LogP contribution in [0.1, 0.15) is 51.3 Å². The molecule has 2 unspecified atom stereocenters. The van der Waals surface area contributed by atoms with E-state index in [9.17, 15) is 0 Å². The third-order valence-electron chi connectivity index (χ3n) is 4.35. The maximum Gasteiger partial charge on any atom is 0.0662 e. The maximum atomic E-state index is 5.79. The van der Waals surface area contributed by atoms with Gasteiger partial charge in [0.1, 0.15) is 0 Å². The highest BCUT2D eigenvalue weighted by Gasteiger charge is 2.38. The standard InChI is InChI=1S/C13H24N4/c1-13(2)8-5-4-6-10(13)12(16-14)11-7-9-15-17(11)3/h7,9-10,12,16H,4-6,8,14H2,1-3H3. The van der Waals surface area contributed by atoms with Crippen LogP contribution in [0.3, 0.4) is 0 Å². The van der Waals surface area contributed by atoms with Gasteiger partial charge >= 0.3 is 0 Å². The SMILES string of the molecule is Cn1nccc1C(NN)C1CCCCC1(C)C. The molecule has 1 aliphatic rings. The molecule has 2 rings (SSSR count). The van der Waals surface area contributed by atoms with E-state index in [1.54, 1.807) is 0 Å². The fraction of sp³-hybridized carbons (Fsp3) is 0.769. The van der Waals surface area contributed by atoms with Gasteiger partial charge in [-0.3, -0.25) is 16.0 Å². The van der Waals surface area contributed by atoms with Gasteiger partial charge in [-0.2, -0.15) is 5.10 Å². The zero-order valence-corrected chi connectivity index (χ0v) is 11.1. The quantitative estimate of drug-likeness (QED) is 0.624. The largest absolute Gasteiger partial charge is 0.271 e. The second-order valence-electron chi connectivity index (χ2n) is 5.86. The highest BCUT2D eigenvalue weighted by molar-refractivity contribution is 5.10. The lowest BCUT2D eigenvalue weighted by molar-refractivity contribution is 0.0951. The zero-order chi connectivity index (χ0) is 12.5. The van der Waals surface area contributed by atoms with Crippen LogP contribution in [0.25, 0.3) is 0 Å². The molecule has 1 aromatic rings. The van der Waals surface area contributed by atoms with Crippen molar-refractivity contribution < 1.29 is 0 Å². The average Bonchev–Trinajstić information content (AvgIpc) is 2.68. The van der Waals surface area contributed by atoms with Crippen LogP contribution in [0.5, 0.6) is 0 Å². The van der Waals surface area contributed by atoms with Gasteiger partial charge in [0.15, 0.2) is 0 Å². The molecule has 2 atom stereocenters. The van der Waals surface area contributed by atoms with Crippen molar-refractivity contribution in [2.24, 2.45) is 24.2 Å². The van der Waals surface area contributed by atoms with Gasteiger partial charge in [0, 0.05) is 13.2 Å². The van der Waals surface area contributed by atoms with E-state index in [4.69, 9.17) is 5.84 Å². The smallest absolute Gasteiger partial charge is 0.0662 e. The van der Waals surface area contributed by atoms with Crippen molar-refractivity contribution in [3.8, 4) is 0 Å². The molecule has 0 aliphatic heterocycles. The van der Waals surface area contributed by atoms with Crippen molar-refractivity contribution in [1.82, 2.24) is 15.2 Å². The minimum atomic E-state index is 0.206. The van der Waals surface area contributed by atoms with E-state index in [0.717, 1.165) is 0 Å². The first kappa shape index (κ1) is 12.6. The van der Waals surface area contributed by atoms with Crippen LogP contribution < -0.4 is 11.3 Å². The van der Waals surface area contributed by atoms with Crippen LogP contribution in [0.15, 0.2) is 12.3 Å². The Balaban J connectivity index is 2.26. The molecule has 1 aliphatic carbocycles. The topological polar surface area (TPSA) is 55.9 Å². The second kappa shape index (κ2) is 4.78. The highest BCUT2D eigenvalue weighted by Crippen LogP contribution is 2.46. The number of aromatic nitrogens is 2. The van der Waals surface area contributed by atoms with Gasteiger partial charge in [-0.05, 0) is 30.2 Å². The lowest BCUT2D eigenvalue weighted by Crippen LogP contribution is -2.42. The summed E-state index contributed by atoms with van der Waals surface area (Å²) in [7, 11) is 1.98. The summed E-state index contributed by atoms with van der Waals surface area (Å²) in [5.41, 5.74) is 4.54. The predicted octanol–water partition coefficient (Wildman–Crippen LogP) is 2.14. The molecule has 0 saturated heterocycles. The number of nitrogens with one attached hydrogen (secondary N) is 1. The molecule has 1 aromatic heterocycles. The Kier molecular flexibility index (Phi) is 3.54. The predicted molar refractivity (Wildman–Crippen MR) is 69.0 cm³/mol. The summed E-state index contributed by atoms with van der Waals surface area (Å²) >= 11 is 0. The van der Waals surface area contributed by atoms with Gasteiger partial charge in [0.2, 0.25) is 0 Å². The van der Waals surface area contributed by atoms with Crippen molar-refractivity contribution >= 4 is 0 Å². The molecule has 4 heteroatoms. The van der Waals surface area contributed by atoms with E-state index in [0.29, 0.717) is 11.3 Å². The van der Waals surface area contributed by atoms with E-state index in [1.807, 2.05) is 17.9 Å². The minimum absolute atomic E-state index is 0.206. The lowest BCUT2D eigenvalue weighted by atomic mass is 9.65. The van der Waals surface area contributed by atoms with Crippen molar-refractivity contribution in [3.63, 3.8) is 0 Å². The molecule has 96 valence electrons. The van der Waals surface area contributed by atoms with E-state index in [-0.39, 0.29) is 6.04 Å². The Morgan fingerprint density at radius 1 is 1.53 bits per heavy atom. The van der Waals surface area contributed by atoms with E-state index in [2.05, 4.69) is 30.4 Å². The molecule has 4 nitrogen and oxygen atoms in total. The molecule has 1 fully saturated rings. The molecule has 17 heavy (non-hydrogen) atoms. The number of rotatable bonds is 3. The summed E-state index contributed by atoms with van der Waals surface area (Å²) in [6.07, 6.45) is 7.02. The number of hydrogen-bond acceptors (Lipinski definition) is 3. The second-order valence-corrected chi connectivity index (χ2v) is 5.86. The Hall–Kier alpha value is -0.870. The van der Waals surface area contributed by atoms with Crippen LogP contribution >= 0.6 is 0 Å². The monoisotopic (exact) mass is 236 g/mol. The number of hydrogen-bond donors (Lipinski definition) is 2. The van der Waals surface area contributed by atoms with Crippen LogP contribution in [-0.4, -0.2) is 9.78 Å². The molecule has 0 radical (unpaired) electrons.